The molecule has 2 heterocycles. The third-order valence-electron chi connectivity index (χ3n) is 6.40. The molecule has 2 aromatic heterocycles. The van der Waals surface area contributed by atoms with Gasteiger partial charge in [-0.3, -0.25) is 4.79 Å². The predicted molar refractivity (Wildman–Crippen MR) is 132 cm³/mol. The second kappa shape index (κ2) is 7.76. The molecule has 0 bridgehead atoms. The van der Waals surface area contributed by atoms with Crippen LogP contribution < -0.4 is 0 Å². The van der Waals surface area contributed by atoms with Crippen LogP contribution in [0.2, 0.25) is 0 Å². The van der Waals surface area contributed by atoms with Crippen molar-refractivity contribution in [3.8, 4) is 23.4 Å². The number of carbonyl (C=O) groups excluding carboxylic acids is 1. The average Bonchev–Trinajstić information content (AvgIpc) is 3.42. The van der Waals surface area contributed by atoms with Crippen molar-refractivity contribution in [3.05, 3.63) is 93.3 Å². The van der Waals surface area contributed by atoms with Gasteiger partial charge >= 0.3 is 0 Å². The van der Waals surface area contributed by atoms with Crippen molar-refractivity contribution in [2.45, 2.75) is 20.8 Å². The van der Waals surface area contributed by atoms with Crippen LogP contribution >= 0.6 is 0 Å². The van der Waals surface area contributed by atoms with E-state index in [9.17, 15) is 15.3 Å². The van der Waals surface area contributed by atoms with Crippen LogP contribution in [0, 0.1) is 43.4 Å². The first kappa shape index (κ1) is 21.2. The molecule has 164 valence electrons. The molecule has 5 rings (SSSR count). The van der Waals surface area contributed by atoms with E-state index in [0.717, 1.165) is 11.2 Å². The van der Waals surface area contributed by atoms with Gasteiger partial charge in [0.1, 0.15) is 23.5 Å². The zero-order chi connectivity index (χ0) is 24.1. The Hall–Kier alpha value is -4.61. The normalized spacial score (nSPS) is 13.9. The molecule has 0 saturated carbocycles. The third kappa shape index (κ3) is 3.10. The highest BCUT2D eigenvalue weighted by Crippen LogP contribution is 2.40. The van der Waals surface area contributed by atoms with E-state index < -0.39 is 0 Å². The molecule has 1 aliphatic rings. The molecule has 0 radical (unpaired) electrons. The molecule has 4 aromatic rings. The number of nitrogens with zero attached hydrogens (tertiary/aromatic N) is 3. The van der Waals surface area contributed by atoms with Gasteiger partial charge < -0.3 is 8.98 Å². The van der Waals surface area contributed by atoms with Crippen molar-refractivity contribution in [3.63, 3.8) is 0 Å². The van der Waals surface area contributed by atoms with Crippen LogP contribution in [-0.4, -0.2) is 10.4 Å². The number of rotatable bonds is 2. The van der Waals surface area contributed by atoms with Crippen LogP contribution in [0.3, 0.4) is 0 Å². The molecular weight excluding hydrogens is 422 g/mol. The van der Waals surface area contributed by atoms with Gasteiger partial charge in [-0.25, -0.2) is 0 Å². The number of Topliss-reactive ketones (excluding diaryl/α,β-unsaturated/α-hetero) is 1. The maximum absolute atomic E-state index is 13.1. The van der Waals surface area contributed by atoms with E-state index >= 15 is 0 Å². The summed E-state index contributed by atoms with van der Waals surface area (Å²) in [6.07, 6.45) is 1.63. The lowest BCUT2D eigenvalue weighted by molar-refractivity contribution is 0.104. The molecule has 0 N–H and O–H groups in total. The highest BCUT2D eigenvalue weighted by atomic mass is 16.3. The molecule has 0 atom stereocenters. The Labute approximate surface area is 197 Å². The highest BCUT2D eigenvalue weighted by Gasteiger charge is 2.32. The number of hydrogen-bond acceptors (Lipinski definition) is 4. The zero-order valence-corrected chi connectivity index (χ0v) is 19.4. The number of nitriles is 2. The van der Waals surface area contributed by atoms with Crippen LogP contribution in [-0.2, 0) is 7.05 Å². The number of ketones is 1. The van der Waals surface area contributed by atoms with E-state index in [4.69, 9.17) is 4.42 Å². The van der Waals surface area contributed by atoms with E-state index in [0.29, 0.717) is 33.6 Å². The molecule has 0 unspecified atom stereocenters. The summed E-state index contributed by atoms with van der Waals surface area (Å²) < 4.78 is 8.21. The first-order valence-corrected chi connectivity index (χ1v) is 10.9. The summed E-state index contributed by atoms with van der Waals surface area (Å²) in [7, 11) is 1.99. The van der Waals surface area contributed by atoms with Gasteiger partial charge in [0, 0.05) is 41.5 Å². The number of fused-ring (bicyclic) bond motifs is 2. The minimum absolute atomic E-state index is 0.0896. The van der Waals surface area contributed by atoms with Gasteiger partial charge in [0.25, 0.3) is 0 Å². The van der Waals surface area contributed by atoms with Crippen LogP contribution in [0.15, 0.2) is 64.1 Å². The molecule has 0 amide bonds. The fraction of sp³-hybridized carbons (Fsp3) is 0.138. The summed E-state index contributed by atoms with van der Waals surface area (Å²) in [5.74, 6) is 0.272. The van der Waals surface area contributed by atoms with E-state index in [-0.39, 0.29) is 11.4 Å². The molecule has 0 aliphatic heterocycles. The second-order valence-corrected chi connectivity index (χ2v) is 8.67. The number of aryl methyl sites for hydroxylation is 4. The minimum Gasteiger partial charge on any atom is -0.455 e. The van der Waals surface area contributed by atoms with Crippen LogP contribution in [0.1, 0.15) is 38.4 Å². The van der Waals surface area contributed by atoms with Gasteiger partial charge in [-0.2, -0.15) is 10.5 Å². The van der Waals surface area contributed by atoms with Gasteiger partial charge in [-0.05, 0) is 43.5 Å². The number of furan rings is 1. The number of carbonyl (C=O) groups is 1. The Bertz CT molecular complexity index is 1640. The van der Waals surface area contributed by atoms with Crippen molar-refractivity contribution in [2.24, 2.45) is 7.05 Å². The smallest absolute Gasteiger partial charge is 0.194 e. The maximum Gasteiger partial charge on any atom is 0.194 e. The molecule has 34 heavy (non-hydrogen) atoms. The summed E-state index contributed by atoms with van der Waals surface area (Å²) >= 11 is 0. The van der Waals surface area contributed by atoms with Crippen molar-refractivity contribution in [1.82, 2.24) is 4.57 Å². The van der Waals surface area contributed by atoms with Crippen molar-refractivity contribution < 1.29 is 9.21 Å². The Morgan fingerprint density at radius 2 is 1.62 bits per heavy atom. The van der Waals surface area contributed by atoms with Gasteiger partial charge in [-0.15, -0.1) is 0 Å². The largest absolute Gasteiger partial charge is 0.455 e. The third-order valence-corrected chi connectivity index (χ3v) is 6.40. The predicted octanol–water partition coefficient (Wildman–Crippen LogP) is 6.44. The lowest BCUT2D eigenvalue weighted by atomic mass is 9.97. The number of allylic oxidation sites excluding steroid dienone is 3. The lowest BCUT2D eigenvalue weighted by Crippen LogP contribution is -1.96. The van der Waals surface area contributed by atoms with Gasteiger partial charge in [-0.1, -0.05) is 42.0 Å². The second-order valence-electron chi connectivity index (χ2n) is 8.67. The van der Waals surface area contributed by atoms with Gasteiger partial charge in [0.15, 0.2) is 11.4 Å². The van der Waals surface area contributed by atoms with Crippen molar-refractivity contribution >= 4 is 28.5 Å². The molecule has 5 nitrogen and oxygen atoms in total. The quantitative estimate of drug-likeness (QED) is 0.263. The topological polar surface area (TPSA) is 82.7 Å². The van der Waals surface area contributed by atoms with Crippen LogP contribution in [0.5, 0.6) is 0 Å². The SMILES string of the molecule is Cc1cc(C)c(-c2cc3oc(/C=C4\C(=O)c5ccccc5C4=C(C#N)C#N)cc3n2C)c(C)c1. The molecule has 0 saturated heterocycles. The summed E-state index contributed by atoms with van der Waals surface area (Å²) in [6.45, 7) is 6.31. The van der Waals surface area contributed by atoms with Crippen molar-refractivity contribution in [2.75, 3.05) is 0 Å². The summed E-state index contributed by atoms with van der Waals surface area (Å²) in [5.41, 5.74) is 9.12. The summed E-state index contributed by atoms with van der Waals surface area (Å²) in [6, 6.07) is 19.1. The van der Waals surface area contributed by atoms with Gasteiger partial charge in [0.05, 0.1) is 11.2 Å². The number of benzene rings is 2. The maximum atomic E-state index is 13.1. The molecule has 0 spiro atoms. The van der Waals surface area contributed by atoms with E-state index in [2.05, 4.69) is 37.5 Å². The van der Waals surface area contributed by atoms with E-state index in [1.165, 1.54) is 22.3 Å². The van der Waals surface area contributed by atoms with Gasteiger partial charge in [0.2, 0.25) is 0 Å². The number of aromatic nitrogens is 1. The first-order valence-electron chi connectivity index (χ1n) is 10.9. The highest BCUT2D eigenvalue weighted by molar-refractivity contribution is 6.29. The zero-order valence-electron chi connectivity index (χ0n) is 19.4. The molecule has 0 fully saturated rings. The molecule has 2 aromatic carbocycles. The van der Waals surface area contributed by atoms with E-state index in [1.807, 2.05) is 31.3 Å². The van der Waals surface area contributed by atoms with Crippen LogP contribution in [0.4, 0.5) is 0 Å². The standard InChI is InChI=1S/C29H21N3O2/c1-16-9-17(2)27(18(3)10-16)25-13-26-24(32(25)4)12-20(34-26)11-23-28(19(14-30)15-31)21-7-5-6-8-22(21)29(23)33/h5-13H,1-4H3/b23-11-. The Morgan fingerprint density at radius 3 is 2.24 bits per heavy atom. The fourth-order valence-electron chi connectivity index (χ4n) is 5.01. The summed E-state index contributed by atoms with van der Waals surface area (Å²) in [5, 5.41) is 19.0. The molecular formula is C29H21N3O2. The Balaban J connectivity index is 1.65. The van der Waals surface area contributed by atoms with E-state index in [1.54, 1.807) is 30.3 Å². The van der Waals surface area contributed by atoms with Crippen molar-refractivity contribution in [1.29, 1.82) is 10.5 Å². The molecule has 1 aliphatic carbocycles. The summed E-state index contributed by atoms with van der Waals surface area (Å²) in [4.78, 5) is 13.1. The Kier molecular flexibility index (Phi) is 4.85. The monoisotopic (exact) mass is 443 g/mol. The fourth-order valence-corrected chi connectivity index (χ4v) is 5.01. The Morgan fingerprint density at radius 1 is 0.971 bits per heavy atom. The minimum atomic E-state index is -0.222. The lowest BCUT2D eigenvalue weighted by Gasteiger charge is -2.12. The van der Waals surface area contributed by atoms with Crippen LogP contribution in [0.25, 0.3) is 34.0 Å². The number of hydrogen-bond donors (Lipinski definition) is 0. The first-order chi connectivity index (χ1) is 16.3. The molecule has 5 heteroatoms. The average molecular weight is 444 g/mol.